The number of piperazine rings is 2. The van der Waals surface area contributed by atoms with Crippen LogP contribution in [0, 0.1) is 13.8 Å². The fourth-order valence-corrected chi connectivity index (χ4v) is 5.34. The van der Waals surface area contributed by atoms with Crippen molar-refractivity contribution >= 4 is 59.7 Å². The van der Waals surface area contributed by atoms with Gasteiger partial charge in [-0.1, -0.05) is 24.4 Å². The number of thiocarbonyl (C=S) groups is 2. The van der Waals surface area contributed by atoms with Gasteiger partial charge in [0.15, 0.2) is 0 Å². The van der Waals surface area contributed by atoms with E-state index < -0.39 is 0 Å². The summed E-state index contributed by atoms with van der Waals surface area (Å²) >= 11 is 21.6. The van der Waals surface area contributed by atoms with Gasteiger partial charge in [0.05, 0.1) is 0 Å². The second-order valence-electron chi connectivity index (χ2n) is 7.89. The van der Waals surface area contributed by atoms with Gasteiger partial charge in [0.2, 0.25) is 0 Å². The smallest absolute Gasteiger partial charge is 0.111 e. The predicted molar refractivity (Wildman–Crippen MR) is 132 cm³/mol. The van der Waals surface area contributed by atoms with Gasteiger partial charge in [-0.2, -0.15) is 0 Å². The fourth-order valence-electron chi connectivity index (χ4n) is 3.78. The summed E-state index contributed by atoms with van der Waals surface area (Å²) in [7, 11) is 4.31. The number of thiol groups is 2. The molecule has 4 nitrogen and oxygen atoms in total. The Hall–Kier alpha value is -0.380. The van der Waals surface area contributed by atoms with Crippen LogP contribution in [-0.4, -0.2) is 96.0 Å². The highest BCUT2D eigenvalue weighted by atomic mass is 32.1. The zero-order chi connectivity index (χ0) is 20.6. The molecule has 0 bridgehead atoms. The van der Waals surface area contributed by atoms with E-state index in [9.17, 15) is 0 Å². The third-order valence-corrected chi connectivity index (χ3v) is 8.12. The first-order valence-electron chi connectivity index (χ1n) is 9.73. The molecule has 0 spiro atoms. The van der Waals surface area contributed by atoms with E-state index in [0.717, 1.165) is 88.8 Å². The van der Waals surface area contributed by atoms with Crippen molar-refractivity contribution < 1.29 is 0 Å². The van der Waals surface area contributed by atoms with Crippen molar-refractivity contribution in [1.82, 2.24) is 19.6 Å². The van der Waals surface area contributed by atoms with Crippen LogP contribution in [0.1, 0.15) is 22.3 Å². The Labute approximate surface area is 191 Å². The van der Waals surface area contributed by atoms with Crippen LogP contribution in [0.5, 0.6) is 0 Å². The maximum Gasteiger partial charge on any atom is 0.111 e. The Kier molecular flexibility index (Phi) is 7.32. The van der Waals surface area contributed by atoms with Crippen molar-refractivity contribution in [1.29, 1.82) is 0 Å². The van der Waals surface area contributed by atoms with Gasteiger partial charge in [0, 0.05) is 73.3 Å². The van der Waals surface area contributed by atoms with Crippen LogP contribution in [0.15, 0.2) is 9.79 Å². The minimum Gasteiger partial charge on any atom is -0.360 e. The lowest BCUT2D eigenvalue weighted by Gasteiger charge is -2.38. The van der Waals surface area contributed by atoms with E-state index in [1.807, 2.05) is 0 Å². The average Bonchev–Trinajstić information content (AvgIpc) is 2.69. The molecule has 1 aromatic rings. The molecule has 2 fully saturated rings. The van der Waals surface area contributed by atoms with Gasteiger partial charge in [-0.15, -0.1) is 25.3 Å². The topological polar surface area (TPSA) is 13.0 Å². The maximum atomic E-state index is 6.02. The molecule has 28 heavy (non-hydrogen) atoms. The number of rotatable bonds is 2. The van der Waals surface area contributed by atoms with Crippen molar-refractivity contribution in [3.05, 3.63) is 22.3 Å². The van der Waals surface area contributed by atoms with Gasteiger partial charge in [0.25, 0.3) is 0 Å². The van der Waals surface area contributed by atoms with E-state index in [4.69, 9.17) is 49.7 Å². The Morgan fingerprint density at radius 3 is 1.46 bits per heavy atom. The second kappa shape index (κ2) is 9.18. The van der Waals surface area contributed by atoms with Gasteiger partial charge in [-0.05, 0) is 39.1 Å². The molecule has 154 valence electrons. The first-order valence-corrected chi connectivity index (χ1v) is 11.4. The molecule has 1 aromatic carbocycles. The molecular weight excluding hydrogens is 425 g/mol. The van der Waals surface area contributed by atoms with Crippen molar-refractivity contribution in [2.24, 2.45) is 0 Å². The third kappa shape index (κ3) is 4.37. The number of nitrogens with zero attached hydrogens (tertiary/aromatic N) is 4. The van der Waals surface area contributed by atoms with Crippen molar-refractivity contribution in [2.45, 2.75) is 23.6 Å². The van der Waals surface area contributed by atoms with E-state index >= 15 is 0 Å². The normalized spacial score (nSPS) is 19.2. The van der Waals surface area contributed by atoms with Crippen molar-refractivity contribution in [3.8, 4) is 0 Å². The molecule has 3 rings (SSSR count). The minimum atomic E-state index is 0.849. The molecule has 0 saturated carbocycles. The van der Waals surface area contributed by atoms with Crippen LogP contribution in [0.2, 0.25) is 0 Å². The summed E-state index contributed by atoms with van der Waals surface area (Å²) in [6.45, 7) is 12.0. The molecule has 0 N–H and O–H groups in total. The number of benzene rings is 1. The van der Waals surface area contributed by atoms with Gasteiger partial charge >= 0.3 is 0 Å². The molecule has 2 aliphatic heterocycles. The van der Waals surface area contributed by atoms with Crippen LogP contribution in [0.25, 0.3) is 0 Å². The van der Waals surface area contributed by atoms with Gasteiger partial charge in [0.1, 0.15) is 9.98 Å². The van der Waals surface area contributed by atoms with Gasteiger partial charge in [-0.25, -0.2) is 0 Å². The van der Waals surface area contributed by atoms with Crippen molar-refractivity contribution in [2.75, 3.05) is 66.5 Å². The summed E-state index contributed by atoms with van der Waals surface area (Å²) in [4.78, 5) is 12.8. The lowest BCUT2D eigenvalue weighted by Crippen LogP contribution is -2.49. The van der Waals surface area contributed by atoms with Crippen LogP contribution in [-0.2, 0) is 0 Å². The Morgan fingerprint density at radius 2 is 1.04 bits per heavy atom. The third-order valence-electron chi connectivity index (χ3n) is 6.01. The summed E-state index contributed by atoms with van der Waals surface area (Å²) in [5.41, 5.74) is 4.35. The quantitative estimate of drug-likeness (QED) is 0.523. The zero-order valence-corrected chi connectivity index (χ0v) is 20.6. The summed E-state index contributed by atoms with van der Waals surface area (Å²) in [6.07, 6.45) is 0. The molecule has 0 amide bonds. The first-order chi connectivity index (χ1) is 13.2. The summed E-state index contributed by atoms with van der Waals surface area (Å²) in [6, 6.07) is 0. The molecule has 0 aliphatic carbocycles. The summed E-state index contributed by atoms with van der Waals surface area (Å²) in [5, 5.41) is 0. The summed E-state index contributed by atoms with van der Waals surface area (Å²) < 4.78 is 0. The largest absolute Gasteiger partial charge is 0.360 e. The molecule has 0 aromatic heterocycles. The predicted octanol–water partition coefficient (Wildman–Crippen LogP) is 2.73. The Bertz CT molecular complexity index is 714. The molecule has 0 radical (unpaired) electrons. The minimum absolute atomic E-state index is 0.849. The monoisotopic (exact) mass is 454 g/mol. The first kappa shape index (κ1) is 22.3. The molecule has 2 heterocycles. The number of likely N-dealkylation sites (N-methyl/N-ethyl adjacent to an activating group) is 2. The van der Waals surface area contributed by atoms with E-state index in [1.165, 1.54) is 5.56 Å². The fraction of sp³-hybridized carbons (Fsp3) is 0.600. The lowest BCUT2D eigenvalue weighted by atomic mass is 9.95. The second-order valence-corrected chi connectivity index (χ2v) is 9.56. The van der Waals surface area contributed by atoms with Crippen LogP contribution in [0.3, 0.4) is 0 Å². The molecular formula is C20H30N4S4. The van der Waals surface area contributed by atoms with Gasteiger partial charge < -0.3 is 19.6 Å². The lowest BCUT2D eigenvalue weighted by molar-refractivity contribution is 0.216. The van der Waals surface area contributed by atoms with E-state index in [0.29, 0.717) is 0 Å². The van der Waals surface area contributed by atoms with Crippen molar-refractivity contribution in [3.63, 3.8) is 0 Å². The molecule has 2 saturated heterocycles. The van der Waals surface area contributed by atoms with E-state index in [1.54, 1.807) is 0 Å². The SMILES string of the molecule is Cc1c(C)c(C(=S)N2CCN(C)CC2)c(C(=S)N2CCN(C)CC2)c(S)c1S. The highest BCUT2D eigenvalue weighted by Crippen LogP contribution is 2.35. The Morgan fingerprint density at radius 1 is 0.643 bits per heavy atom. The van der Waals surface area contributed by atoms with Crippen LogP contribution in [0.4, 0.5) is 0 Å². The maximum absolute atomic E-state index is 6.02. The van der Waals surface area contributed by atoms with Crippen LogP contribution >= 0.6 is 49.7 Å². The van der Waals surface area contributed by atoms with E-state index in [2.05, 4.69) is 47.5 Å². The Balaban J connectivity index is 2.03. The van der Waals surface area contributed by atoms with E-state index in [-0.39, 0.29) is 0 Å². The zero-order valence-electron chi connectivity index (χ0n) is 17.2. The number of hydrogen-bond donors (Lipinski definition) is 2. The standard InChI is InChI=1S/C20H30N4S4/c1-13-14(2)17(25)18(26)16(20(28)24-11-7-22(4)8-12-24)15(13)19(27)23-9-5-21(3)6-10-23/h25-26H,5-12H2,1-4H3. The highest BCUT2D eigenvalue weighted by Gasteiger charge is 2.29. The molecule has 2 aliphatic rings. The van der Waals surface area contributed by atoms with Crippen LogP contribution < -0.4 is 0 Å². The molecule has 8 heteroatoms. The average molecular weight is 455 g/mol. The molecule has 0 atom stereocenters. The summed E-state index contributed by atoms with van der Waals surface area (Å²) in [5.74, 6) is 0. The molecule has 0 unspecified atom stereocenters. The highest BCUT2D eigenvalue weighted by molar-refractivity contribution is 7.84. The van der Waals surface area contributed by atoms with Gasteiger partial charge in [-0.3, -0.25) is 0 Å². The number of hydrogen-bond acceptors (Lipinski definition) is 6.